The van der Waals surface area contributed by atoms with Crippen molar-refractivity contribution < 1.29 is 23.9 Å². The fourth-order valence-electron chi connectivity index (χ4n) is 3.94. The van der Waals surface area contributed by atoms with Crippen LogP contribution < -0.4 is 11.1 Å². The average Bonchev–Trinajstić information content (AvgIpc) is 3.36. The number of aliphatic hydroxyl groups is 1. The number of nitrogens with one attached hydrogen (secondary N) is 1. The van der Waals surface area contributed by atoms with Crippen LogP contribution in [0.15, 0.2) is 37.5 Å². The van der Waals surface area contributed by atoms with Gasteiger partial charge in [-0.2, -0.15) is 0 Å². The molecule has 10 heteroatoms. The molecule has 0 radical (unpaired) electrons. The number of rotatable bonds is 8. The van der Waals surface area contributed by atoms with Crippen LogP contribution in [0, 0.1) is 5.82 Å². The Labute approximate surface area is 192 Å². The third-order valence-corrected chi connectivity index (χ3v) is 12.4. The number of hydrogen-bond donors (Lipinski definition) is 3. The van der Waals surface area contributed by atoms with Gasteiger partial charge in [-0.05, 0) is 0 Å². The summed E-state index contributed by atoms with van der Waals surface area (Å²) in [6.45, 7) is -0.285. The molecule has 3 rings (SSSR count). The molecule has 1 saturated carbocycles. The van der Waals surface area contributed by atoms with Crippen molar-refractivity contribution in [2.24, 2.45) is 5.73 Å². The van der Waals surface area contributed by atoms with Crippen molar-refractivity contribution in [1.82, 2.24) is 10.2 Å². The second kappa shape index (κ2) is 10.7. The molecule has 1 aromatic rings. The molecule has 1 aliphatic heterocycles. The van der Waals surface area contributed by atoms with Crippen LogP contribution in [0.4, 0.5) is 4.39 Å². The van der Waals surface area contributed by atoms with Crippen LogP contribution >= 0.6 is 11.6 Å². The molecule has 3 amide bonds. The van der Waals surface area contributed by atoms with E-state index in [0.29, 0.717) is 18.4 Å². The van der Waals surface area contributed by atoms with Crippen LogP contribution in [-0.4, -0.2) is 67.9 Å². The van der Waals surface area contributed by atoms with Gasteiger partial charge >= 0.3 is 193 Å². The molecule has 2 unspecified atom stereocenters. The molecular formula is C21H24ClFInN3O4. The Morgan fingerprint density at radius 2 is 2.10 bits per heavy atom. The van der Waals surface area contributed by atoms with Gasteiger partial charge in [-0.25, -0.2) is 0 Å². The van der Waals surface area contributed by atoms with Crippen molar-refractivity contribution in [1.29, 1.82) is 0 Å². The van der Waals surface area contributed by atoms with Crippen LogP contribution in [0.2, 0.25) is 9.20 Å². The molecule has 31 heavy (non-hydrogen) atoms. The minimum absolute atomic E-state index is 0.0295. The number of nitrogens with two attached hydrogens (primary N) is 1. The van der Waals surface area contributed by atoms with Gasteiger partial charge in [0.2, 0.25) is 0 Å². The summed E-state index contributed by atoms with van der Waals surface area (Å²) in [5.41, 5.74) is 5.97. The topological polar surface area (TPSA) is 113 Å². The Balaban J connectivity index is 1.65. The zero-order valence-corrected chi connectivity index (χ0v) is 20.9. The van der Waals surface area contributed by atoms with E-state index in [0.717, 1.165) is 6.42 Å². The van der Waals surface area contributed by atoms with Crippen molar-refractivity contribution in [2.75, 3.05) is 6.54 Å². The summed E-state index contributed by atoms with van der Waals surface area (Å²) in [6, 6.07) is 4.10. The number of aliphatic hydroxyl groups excluding tert-OH is 1. The second-order valence-corrected chi connectivity index (χ2v) is 15.2. The van der Waals surface area contributed by atoms with E-state index in [-0.39, 0.29) is 33.8 Å². The van der Waals surface area contributed by atoms with Crippen molar-refractivity contribution in [3.63, 3.8) is 0 Å². The number of carbonyl (C=O) groups excluding carboxylic acids is 3. The fourth-order valence-corrected chi connectivity index (χ4v) is 10.4. The summed E-state index contributed by atoms with van der Waals surface area (Å²) < 4.78 is 18.0. The first-order valence-electron chi connectivity index (χ1n) is 10.1. The molecule has 1 aliphatic carbocycles. The quantitative estimate of drug-likeness (QED) is 0.453. The number of amides is 3. The Hall–Kier alpha value is -1.84. The van der Waals surface area contributed by atoms with E-state index in [1.165, 1.54) is 17.0 Å². The van der Waals surface area contributed by atoms with E-state index in [9.17, 15) is 23.9 Å². The molecule has 2 aliphatic rings. The summed E-state index contributed by atoms with van der Waals surface area (Å²) in [5.74, 6) is -1.78. The molecule has 2 atom stereocenters. The van der Waals surface area contributed by atoms with Gasteiger partial charge in [-0.3, -0.25) is 0 Å². The van der Waals surface area contributed by atoms with Gasteiger partial charge in [0.25, 0.3) is 0 Å². The monoisotopic (exact) mass is 551 g/mol. The van der Waals surface area contributed by atoms with Crippen LogP contribution in [0.5, 0.6) is 0 Å². The summed E-state index contributed by atoms with van der Waals surface area (Å²) in [5, 5.41) is 12.9. The fraction of sp³-hybridized carbons (Fsp3) is 0.381. The number of hydrogen-bond acceptors (Lipinski definition) is 4. The van der Waals surface area contributed by atoms with Gasteiger partial charge in [0.05, 0.1) is 0 Å². The number of halogens is 2. The van der Waals surface area contributed by atoms with Crippen LogP contribution in [-0.2, 0) is 20.9 Å². The van der Waals surface area contributed by atoms with Crippen molar-refractivity contribution in [3.8, 4) is 0 Å². The zero-order valence-electron chi connectivity index (χ0n) is 16.9. The predicted octanol–water partition coefficient (Wildman–Crippen LogP) is 1.39. The van der Waals surface area contributed by atoms with Crippen LogP contribution in [0.1, 0.15) is 24.8 Å². The SMILES string of the molecule is NC(=O)C1=[CH][In]([CH2]C(=O)N(CC(=O)NCc2cccc(Cl)c2F)C2CCCC2O)[CH]=C1. The second-order valence-electron chi connectivity index (χ2n) is 7.79. The molecule has 164 valence electrons. The number of primary amides is 1. The number of nitrogens with zero attached hydrogens (tertiary/aromatic N) is 1. The molecule has 4 N–H and O–H groups in total. The average molecular weight is 552 g/mol. The molecule has 0 bridgehead atoms. The number of carbonyl (C=O) groups is 3. The standard InChI is InChI=1S/C16H19ClFN2O3.C5H5NO.In/c1-10(21)20(13-6-3-7-14(13)22)9-15(23)19-8-11-4-2-5-12(17)16(11)18;1-3-4(2)5(6)7;/h2,4-5,13-14,22H,1,3,6-9H2,(H,19,23);1-3H,(H2,6,7);. The molecule has 1 aromatic carbocycles. The maximum atomic E-state index is 14.0. The molecule has 1 heterocycles. The van der Waals surface area contributed by atoms with Crippen molar-refractivity contribution in [2.45, 2.75) is 42.1 Å². The maximum absolute atomic E-state index is 14.0. The van der Waals surface area contributed by atoms with Gasteiger partial charge in [0, 0.05) is 0 Å². The third kappa shape index (κ3) is 6.11. The van der Waals surface area contributed by atoms with Gasteiger partial charge in [-0.15, -0.1) is 0 Å². The van der Waals surface area contributed by atoms with E-state index in [4.69, 9.17) is 17.3 Å². The van der Waals surface area contributed by atoms with E-state index >= 15 is 0 Å². The first-order valence-corrected chi connectivity index (χ1v) is 16.6. The van der Waals surface area contributed by atoms with E-state index in [1.54, 1.807) is 12.1 Å². The van der Waals surface area contributed by atoms with Gasteiger partial charge in [0.15, 0.2) is 0 Å². The first-order chi connectivity index (χ1) is 14.8. The molecule has 0 saturated heterocycles. The van der Waals surface area contributed by atoms with Gasteiger partial charge in [-0.1, -0.05) is 0 Å². The molecule has 0 spiro atoms. The predicted molar refractivity (Wildman–Crippen MR) is 116 cm³/mol. The van der Waals surface area contributed by atoms with Crippen molar-refractivity contribution in [3.05, 3.63) is 53.9 Å². The normalized spacial score (nSPS) is 20.0. The van der Waals surface area contributed by atoms with E-state index in [2.05, 4.69) is 5.32 Å². The van der Waals surface area contributed by atoms with Crippen LogP contribution in [0.25, 0.3) is 0 Å². The third-order valence-electron chi connectivity index (χ3n) is 5.60. The zero-order chi connectivity index (χ0) is 22.5. The Morgan fingerprint density at radius 1 is 1.32 bits per heavy atom. The molecule has 0 aromatic heterocycles. The van der Waals surface area contributed by atoms with E-state index in [1.807, 2.05) is 7.67 Å². The van der Waals surface area contributed by atoms with Crippen LogP contribution in [0.3, 0.4) is 0 Å². The van der Waals surface area contributed by atoms with Gasteiger partial charge < -0.3 is 0 Å². The summed E-state index contributed by atoms with van der Waals surface area (Å²) >= 11 is 3.19. The van der Waals surface area contributed by atoms with E-state index < -0.39 is 51.2 Å². The Bertz CT molecular complexity index is 939. The number of benzene rings is 1. The summed E-state index contributed by atoms with van der Waals surface area (Å²) in [6.07, 6.45) is 2.93. The summed E-state index contributed by atoms with van der Waals surface area (Å²) in [7, 11) is 0. The molecule has 7 nitrogen and oxygen atoms in total. The minimum atomic E-state index is -2.58. The molecule has 1 fully saturated rings. The van der Waals surface area contributed by atoms with Gasteiger partial charge in [0.1, 0.15) is 0 Å². The Kier molecular flexibility index (Phi) is 8.18. The van der Waals surface area contributed by atoms with Crippen molar-refractivity contribution >= 4 is 50.8 Å². The Morgan fingerprint density at radius 3 is 2.74 bits per heavy atom. The first kappa shape index (κ1) is 23.8. The molecular weight excluding hydrogens is 528 g/mol. The summed E-state index contributed by atoms with van der Waals surface area (Å²) in [4.78, 5) is 38.4.